The van der Waals surface area contributed by atoms with E-state index < -0.39 is 0 Å². The monoisotopic (exact) mass is 246 g/mol. The fourth-order valence-corrected chi connectivity index (χ4v) is 2.74. The highest BCUT2D eigenvalue weighted by molar-refractivity contribution is 7.98. The van der Waals surface area contributed by atoms with E-state index in [2.05, 4.69) is 46.1 Å². The molecule has 1 aromatic carbocycles. The lowest BCUT2D eigenvalue weighted by atomic mass is 10.2. The fourth-order valence-electron chi connectivity index (χ4n) is 1.81. The number of aromatic nitrogens is 2. The molecule has 0 fully saturated rings. The van der Waals surface area contributed by atoms with Gasteiger partial charge in [0.05, 0.1) is 5.69 Å². The Hall–Kier alpha value is -1.46. The van der Waals surface area contributed by atoms with Crippen molar-refractivity contribution >= 4 is 17.8 Å². The van der Waals surface area contributed by atoms with Crippen molar-refractivity contribution < 1.29 is 0 Å². The van der Waals surface area contributed by atoms with Crippen molar-refractivity contribution in [1.82, 2.24) is 14.5 Å². The SMILES string of the molecule is Cc1cc2n(n1)S[C@@H](NCc1ccccc1)N2. The standard InChI is InChI=1S/C12H14N4S/c1-9-7-11-14-12(17-16(11)15-9)13-8-10-5-3-2-4-6-10/h2-7,12-14H,8H2,1H3/t12-/m0/s1. The quantitative estimate of drug-likeness (QED) is 0.871. The minimum atomic E-state index is 0.193. The van der Waals surface area contributed by atoms with Crippen LogP contribution in [0.3, 0.4) is 0 Å². The van der Waals surface area contributed by atoms with Gasteiger partial charge in [-0.15, -0.1) is 0 Å². The maximum absolute atomic E-state index is 4.37. The largest absolute Gasteiger partial charge is 0.344 e. The minimum absolute atomic E-state index is 0.193. The summed E-state index contributed by atoms with van der Waals surface area (Å²) in [6.07, 6.45) is 0. The van der Waals surface area contributed by atoms with E-state index in [0.29, 0.717) is 0 Å². The summed E-state index contributed by atoms with van der Waals surface area (Å²) in [5.74, 6) is 1.07. The molecule has 4 nitrogen and oxygen atoms in total. The first-order valence-corrected chi connectivity index (χ1v) is 6.42. The van der Waals surface area contributed by atoms with Crippen molar-refractivity contribution in [2.24, 2.45) is 0 Å². The number of anilines is 1. The molecule has 0 aliphatic carbocycles. The molecule has 2 N–H and O–H groups in total. The van der Waals surface area contributed by atoms with E-state index in [4.69, 9.17) is 0 Å². The van der Waals surface area contributed by atoms with E-state index in [-0.39, 0.29) is 5.50 Å². The molecular weight excluding hydrogens is 232 g/mol. The molecule has 1 aliphatic rings. The van der Waals surface area contributed by atoms with Crippen molar-refractivity contribution in [2.75, 3.05) is 5.32 Å². The molecule has 2 aromatic rings. The Morgan fingerprint density at radius 1 is 1.41 bits per heavy atom. The number of aryl methyl sites for hydroxylation is 1. The number of hydrogen-bond donors (Lipinski definition) is 2. The van der Waals surface area contributed by atoms with Crippen LogP contribution in [0.5, 0.6) is 0 Å². The van der Waals surface area contributed by atoms with Crippen LogP contribution in [0.25, 0.3) is 0 Å². The van der Waals surface area contributed by atoms with Gasteiger partial charge < -0.3 is 5.32 Å². The molecule has 0 unspecified atom stereocenters. The van der Waals surface area contributed by atoms with Gasteiger partial charge >= 0.3 is 0 Å². The van der Waals surface area contributed by atoms with Crippen LogP contribution in [-0.2, 0) is 6.54 Å². The van der Waals surface area contributed by atoms with Gasteiger partial charge in [0.2, 0.25) is 0 Å². The van der Waals surface area contributed by atoms with E-state index in [1.165, 1.54) is 5.56 Å². The zero-order valence-electron chi connectivity index (χ0n) is 9.55. The van der Waals surface area contributed by atoms with Gasteiger partial charge in [0.1, 0.15) is 11.3 Å². The zero-order chi connectivity index (χ0) is 11.7. The molecule has 1 aromatic heterocycles. The van der Waals surface area contributed by atoms with Gasteiger partial charge in [-0.25, -0.2) is 0 Å². The van der Waals surface area contributed by atoms with Gasteiger partial charge in [0, 0.05) is 24.6 Å². The number of nitrogens with one attached hydrogen (secondary N) is 2. The second-order valence-corrected chi connectivity index (χ2v) is 5.07. The van der Waals surface area contributed by atoms with E-state index >= 15 is 0 Å². The van der Waals surface area contributed by atoms with Crippen molar-refractivity contribution in [3.63, 3.8) is 0 Å². The molecule has 2 heterocycles. The Morgan fingerprint density at radius 2 is 2.24 bits per heavy atom. The fraction of sp³-hybridized carbons (Fsp3) is 0.250. The highest BCUT2D eigenvalue weighted by atomic mass is 32.2. The summed E-state index contributed by atoms with van der Waals surface area (Å²) >= 11 is 1.66. The van der Waals surface area contributed by atoms with Gasteiger partial charge in [-0.1, -0.05) is 30.3 Å². The third kappa shape index (κ3) is 2.30. The van der Waals surface area contributed by atoms with Crippen LogP contribution in [0.15, 0.2) is 36.4 Å². The average Bonchev–Trinajstić information content (AvgIpc) is 2.84. The first-order chi connectivity index (χ1) is 8.31. The second kappa shape index (κ2) is 4.43. The van der Waals surface area contributed by atoms with E-state index in [0.717, 1.165) is 18.1 Å². The van der Waals surface area contributed by atoms with Gasteiger partial charge in [-0.2, -0.15) is 9.19 Å². The van der Waals surface area contributed by atoms with Crippen molar-refractivity contribution in [3.05, 3.63) is 47.7 Å². The molecule has 88 valence electrons. The first kappa shape index (κ1) is 10.7. The van der Waals surface area contributed by atoms with Crippen LogP contribution in [0, 0.1) is 6.92 Å². The molecule has 3 rings (SSSR count). The second-order valence-electron chi connectivity index (χ2n) is 4.04. The molecule has 0 spiro atoms. The van der Waals surface area contributed by atoms with Gasteiger partial charge in [-0.05, 0) is 12.5 Å². The Morgan fingerprint density at radius 3 is 3.00 bits per heavy atom. The van der Waals surface area contributed by atoms with E-state index in [1.807, 2.05) is 17.1 Å². The highest BCUT2D eigenvalue weighted by Crippen LogP contribution is 2.28. The molecule has 5 heteroatoms. The molecule has 0 amide bonds. The number of fused-ring (bicyclic) bond motifs is 1. The molecular formula is C12H14N4S. The van der Waals surface area contributed by atoms with Crippen LogP contribution in [0.1, 0.15) is 11.3 Å². The van der Waals surface area contributed by atoms with Gasteiger partial charge in [0.15, 0.2) is 0 Å². The van der Waals surface area contributed by atoms with Crippen LogP contribution < -0.4 is 10.6 Å². The molecule has 1 atom stereocenters. The van der Waals surface area contributed by atoms with Crippen molar-refractivity contribution in [1.29, 1.82) is 0 Å². The summed E-state index contributed by atoms with van der Waals surface area (Å²) in [6, 6.07) is 12.4. The van der Waals surface area contributed by atoms with Crippen molar-refractivity contribution in [2.45, 2.75) is 19.0 Å². The lowest BCUT2D eigenvalue weighted by Gasteiger charge is -2.11. The molecule has 0 radical (unpaired) electrons. The summed E-state index contributed by atoms with van der Waals surface area (Å²) in [4.78, 5) is 0. The predicted molar refractivity (Wildman–Crippen MR) is 70.6 cm³/mol. The summed E-state index contributed by atoms with van der Waals surface area (Å²) in [7, 11) is 0. The van der Waals surface area contributed by atoms with Crippen LogP contribution in [0.2, 0.25) is 0 Å². The van der Waals surface area contributed by atoms with Gasteiger partial charge in [0.25, 0.3) is 0 Å². The average molecular weight is 246 g/mol. The maximum atomic E-state index is 4.37. The molecule has 1 aliphatic heterocycles. The summed E-state index contributed by atoms with van der Waals surface area (Å²) in [5, 5.41) is 11.2. The van der Waals surface area contributed by atoms with Crippen molar-refractivity contribution in [3.8, 4) is 0 Å². The zero-order valence-corrected chi connectivity index (χ0v) is 10.4. The third-order valence-electron chi connectivity index (χ3n) is 2.62. The normalized spacial score (nSPS) is 17.8. The smallest absolute Gasteiger partial charge is 0.148 e. The minimum Gasteiger partial charge on any atom is -0.344 e. The number of benzene rings is 1. The van der Waals surface area contributed by atoms with Crippen LogP contribution in [-0.4, -0.2) is 14.7 Å². The van der Waals surface area contributed by atoms with Crippen LogP contribution >= 0.6 is 11.9 Å². The highest BCUT2D eigenvalue weighted by Gasteiger charge is 2.22. The predicted octanol–water partition coefficient (Wildman–Crippen LogP) is 2.19. The first-order valence-electron chi connectivity index (χ1n) is 5.59. The molecule has 0 bridgehead atoms. The van der Waals surface area contributed by atoms with Crippen LogP contribution in [0.4, 0.5) is 5.82 Å². The Labute approximate surface area is 105 Å². The topological polar surface area (TPSA) is 41.9 Å². The number of rotatable bonds is 3. The third-order valence-corrected chi connectivity index (χ3v) is 3.59. The Kier molecular flexibility index (Phi) is 2.78. The van der Waals surface area contributed by atoms with E-state index in [1.54, 1.807) is 11.9 Å². The summed E-state index contributed by atoms with van der Waals surface area (Å²) in [6.45, 7) is 2.86. The lowest BCUT2D eigenvalue weighted by molar-refractivity contribution is 0.702. The summed E-state index contributed by atoms with van der Waals surface area (Å²) in [5.41, 5.74) is 2.52. The number of hydrogen-bond acceptors (Lipinski definition) is 4. The Balaban J connectivity index is 1.57. The molecule has 0 saturated heterocycles. The maximum Gasteiger partial charge on any atom is 0.148 e. The number of nitrogens with zero attached hydrogens (tertiary/aromatic N) is 2. The Bertz CT molecular complexity index is 485. The molecule has 17 heavy (non-hydrogen) atoms. The van der Waals surface area contributed by atoms with Gasteiger partial charge in [-0.3, -0.25) is 5.32 Å². The van der Waals surface area contributed by atoms with E-state index in [9.17, 15) is 0 Å². The summed E-state index contributed by atoms with van der Waals surface area (Å²) < 4.78 is 1.93. The molecule has 0 saturated carbocycles. The lowest BCUT2D eigenvalue weighted by Crippen LogP contribution is -2.30.